The van der Waals surface area contributed by atoms with Gasteiger partial charge in [-0.3, -0.25) is 0 Å². The van der Waals surface area contributed by atoms with Crippen molar-refractivity contribution in [2.24, 2.45) is 0 Å². The fraction of sp³-hybridized carbons (Fsp3) is 0.364. The lowest BCUT2D eigenvalue weighted by atomic mass is 10.00. The first-order valence-corrected chi connectivity index (χ1v) is 4.62. The number of benzene rings is 1. The maximum atomic E-state index is 10.4. The molecule has 1 N–H and O–H groups in total. The number of rotatable bonds is 2. The Hall–Kier alpha value is -1.31. The van der Waals surface area contributed by atoms with Crippen LogP contribution in [0.3, 0.4) is 0 Å². The lowest BCUT2D eigenvalue weighted by Gasteiger charge is -2.05. The van der Waals surface area contributed by atoms with Crippen molar-refractivity contribution in [3.63, 3.8) is 0 Å². The minimum absolute atomic E-state index is 0.517. The van der Waals surface area contributed by atoms with Crippen LogP contribution in [0.1, 0.15) is 24.0 Å². The molecule has 2 rings (SSSR count). The molecule has 0 saturated carbocycles. The quantitative estimate of drug-likeness (QED) is 0.696. The molecule has 0 amide bonds. The predicted molar refractivity (Wildman–Crippen MR) is 53.1 cm³/mol. The molecule has 2 nitrogen and oxygen atoms in total. The first-order chi connectivity index (χ1) is 6.33. The van der Waals surface area contributed by atoms with Gasteiger partial charge in [0.25, 0.3) is 0 Å². The van der Waals surface area contributed by atoms with Crippen LogP contribution in [-0.4, -0.2) is 12.8 Å². The number of aldehydes is 1. The summed E-state index contributed by atoms with van der Waals surface area (Å²) in [5.74, 6) is 0.571. The van der Waals surface area contributed by atoms with E-state index in [1.54, 1.807) is 0 Å². The lowest BCUT2D eigenvalue weighted by Crippen LogP contribution is -1.97. The summed E-state index contributed by atoms with van der Waals surface area (Å²) in [7, 11) is 0. The molecule has 0 aliphatic carbocycles. The maximum absolute atomic E-state index is 10.4. The molecule has 1 aliphatic heterocycles. The highest BCUT2D eigenvalue weighted by Crippen LogP contribution is 2.33. The number of para-hydroxylation sites is 1. The van der Waals surface area contributed by atoms with Crippen molar-refractivity contribution in [3.8, 4) is 0 Å². The average Bonchev–Trinajstić information content (AvgIpc) is 2.50. The third-order valence-electron chi connectivity index (χ3n) is 2.60. The number of anilines is 1. The van der Waals surface area contributed by atoms with E-state index >= 15 is 0 Å². The number of carbonyl (C=O) groups excluding carboxylic acids is 1. The second-order valence-electron chi connectivity index (χ2n) is 3.53. The number of hydrogen-bond donors (Lipinski definition) is 1. The molecule has 1 aromatic rings. The zero-order valence-electron chi connectivity index (χ0n) is 7.71. The van der Waals surface area contributed by atoms with Gasteiger partial charge in [0, 0.05) is 24.6 Å². The Morgan fingerprint density at radius 2 is 2.46 bits per heavy atom. The molecule has 2 heteroatoms. The van der Waals surface area contributed by atoms with Gasteiger partial charge in [0.1, 0.15) is 6.29 Å². The van der Waals surface area contributed by atoms with Crippen LogP contribution in [-0.2, 0) is 11.2 Å². The van der Waals surface area contributed by atoms with Gasteiger partial charge in [0.2, 0.25) is 0 Å². The third-order valence-corrected chi connectivity index (χ3v) is 2.60. The Balaban J connectivity index is 2.44. The van der Waals surface area contributed by atoms with E-state index in [0.717, 1.165) is 18.4 Å². The van der Waals surface area contributed by atoms with Crippen LogP contribution in [0.25, 0.3) is 0 Å². The standard InChI is InChI=1S/C11H13NO/c1-8-7-12-11-9(5-6-13)3-2-4-10(8)11/h2-4,6,8,12H,5,7H2,1H3. The van der Waals surface area contributed by atoms with Crippen LogP contribution in [0.2, 0.25) is 0 Å². The molecule has 13 heavy (non-hydrogen) atoms. The second kappa shape index (κ2) is 3.21. The summed E-state index contributed by atoms with van der Waals surface area (Å²) in [5.41, 5.74) is 3.65. The van der Waals surface area contributed by atoms with E-state index in [9.17, 15) is 4.79 Å². The van der Waals surface area contributed by atoms with Crippen LogP contribution in [0.5, 0.6) is 0 Å². The van der Waals surface area contributed by atoms with Crippen LogP contribution in [0.15, 0.2) is 18.2 Å². The Labute approximate surface area is 78.0 Å². The molecule has 0 fully saturated rings. The molecule has 0 bridgehead atoms. The molecule has 0 spiro atoms. The largest absolute Gasteiger partial charge is 0.384 e. The fourth-order valence-electron chi connectivity index (χ4n) is 1.87. The summed E-state index contributed by atoms with van der Waals surface area (Å²) in [4.78, 5) is 10.4. The summed E-state index contributed by atoms with van der Waals surface area (Å²) in [5, 5.41) is 3.34. The van der Waals surface area contributed by atoms with Gasteiger partial charge < -0.3 is 10.1 Å². The van der Waals surface area contributed by atoms with Gasteiger partial charge in [0.05, 0.1) is 0 Å². The van der Waals surface area contributed by atoms with E-state index in [4.69, 9.17) is 0 Å². The molecular formula is C11H13NO. The van der Waals surface area contributed by atoms with Crippen molar-refractivity contribution < 1.29 is 4.79 Å². The van der Waals surface area contributed by atoms with Crippen LogP contribution in [0, 0.1) is 0 Å². The van der Waals surface area contributed by atoms with Crippen molar-refractivity contribution >= 4 is 12.0 Å². The van der Waals surface area contributed by atoms with Crippen molar-refractivity contribution in [2.75, 3.05) is 11.9 Å². The van der Waals surface area contributed by atoms with Gasteiger partial charge in [-0.2, -0.15) is 0 Å². The van der Waals surface area contributed by atoms with Gasteiger partial charge in [-0.25, -0.2) is 0 Å². The fourth-order valence-corrected chi connectivity index (χ4v) is 1.87. The van der Waals surface area contributed by atoms with E-state index in [-0.39, 0.29) is 0 Å². The van der Waals surface area contributed by atoms with Gasteiger partial charge in [-0.1, -0.05) is 25.1 Å². The first kappa shape index (κ1) is 8.30. The average molecular weight is 175 g/mol. The Morgan fingerprint density at radius 1 is 1.62 bits per heavy atom. The summed E-state index contributed by atoms with van der Waals surface area (Å²) in [6.07, 6.45) is 1.48. The smallest absolute Gasteiger partial charge is 0.124 e. The molecule has 1 heterocycles. The van der Waals surface area contributed by atoms with Gasteiger partial charge >= 0.3 is 0 Å². The van der Waals surface area contributed by atoms with Crippen molar-refractivity contribution in [1.29, 1.82) is 0 Å². The topological polar surface area (TPSA) is 29.1 Å². The highest BCUT2D eigenvalue weighted by molar-refractivity contribution is 5.68. The summed E-state index contributed by atoms with van der Waals surface area (Å²) in [6, 6.07) is 6.17. The number of carbonyl (C=O) groups is 1. The highest BCUT2D eigenvalue weighted by Gasteiger charge is 2.19. The Kier molecular flexibility index (Phi) is 2.05. The second-order valence-corrected chi connectivity index (χ2v) is 3.53. The molecule has 68 valence electrons. The van der Waals surface area contributed by atoms with E-state index in [2.05, 4.69) is 18.3 Å². The lowest BCUT2D eigenvalue weighted by molar-refractivity contribution is -0.107. The highest BCUT2D eigenvalue weighted by atomic mass is 16.1. The maximum Gasteiger partial charge on any atom is 0.124 e. The van der Waals surface area contributed by atoms with E-state index in [1.165, 1.54) is 11.3 Å². The summed E-state index contributed by atoms with van der Waals surface area (Å²) in [6.45, 7) is 3.19. The Morgan fingerprint density at radius 3 is 3.23 bits per heavy atom. The van der Waals surface area contributed by atoms with E-state index in [0.29, 0.717) is 12.3 Å². The van der Waals surface area contributed by atoms with Gasteiger partial charge in [0.15, 0.2) is 0 Å². The molecule has 0 saturated heterocycles. The van der Waals surface area contributed by atoms with Crippen molar-refractivity contribution in [3.05, 3.63) is 29.3 Å². The molecule has 0 radical (unpaired) electrons. The number of hydrogen-bond acceptors (Lipinski definition) is 2. The third kappa shape index (κ3) is 1.32. The van der Waals surface area contributed by atoms with Crippen LogP contribution >= 0.6 is 0 Å². The number of fused-ring (bicyclic) bond motifs is 1. The molecule has 1 unspecified atom stereocenters. The predicted octanol–water partition coefficient (Wildman–Crippen LogP) is 1.96. The van der Waals surface area contributed by atoms with E-state index < -0.39 is 0 Å². The minimum atomic E-state index is 0.517. The molecule has 1 aliphatic rings. The monoisotopic (exact) mass is 175 g/mol. The molecule has 0 aromatic heterocycles. The molecule has 1 aromatic carbocycles. The zero-order chi connectivity index (χ0) is 9.26. The van der Waals surface area contributed by atoms with Crippen LogP contribution < -0.4 is 5.32 Å². The van der Waals surface area contributed by atoms with E-state index in [1.807, 2.05) is 12.1 Å². The number of nitrogens with one attached hydrogen (secondary N) is 1. The SMILES string of the molecule is CC1CNc2c(CC=O)cccc21. The van der Waals surface area contributed by atoms with Crippen molar-refractivity contribution in [1.82, 2.24) is 0 Å². The van der Waals surface area contributed by atoms with Gasteiger partial charge in [-0.15, -0.1) is 0 Å². The van der Waals surface area contributed by atoms with Crippen molar-refractivity contribution in [2.45, 2.75) is 19.3 Å². The van der Waals surface area contributed by atoms with Crippen LogP contribution in [0.4, 0.5) is 5.69 Å². The molecule has 1 atom stereocenters. The first-order valence-electron chi connectivity index (χ1n) is 4.62. The summed E-state index contributed by atoms with van der Waals surface area (Å²) < 4.78 is 0. The minimum Gasteiger partial charge on any atom is -0.384 e. The molecular weight excluding hydrogens is 162 g/mol. The zero-order valence-corrected chi connectivity index (χ0v) is 7.71. The van der Waals surface area contributed by atoms with Gasteiger partial charge in [-0.05, 0) is 11.1 Å². The normalized spacial score (nSPS) is 19.3. The summed E-state index contributed by atoms with van der Waals surface area (Å²) >= 11 is 0. The Bertz CT molecular complexity index is 333.